The Balaban J connectivity index is 1.15. The van der Waals surface area contributed by atoms with Crippen molar-refractivity contribution in [3.05, 3.63) is 206 Å². The average molecular weight is 867 g/mol. The Hall–Kier alpha value is -8.66. The molecule has 7 aromatic heterocycles. The summed E-state index contributed by atoms with van der Waals surface area (Å²) in [4.78, 5) is 19.8. The van der Waals surface area contributed by atoms with Gasteiger partial charge in [-0.25, -0.2) is 0 Å². The van der Waals surface area contributed by atoms with Crippen molar-refractivity contribution in [2.24, 2.45) is 4.99 Å². The number of pyridine rings is 3. The summed E-state index contributed by atoms with van der Waals surface area (Å²) in [6.45, 7) is 4.27. The van der Waals surface area contributed by atoms with E-state index in [1.165, 1.54) is 0 Å². The lowest BCUT2D eigenvalue weighted by atomic mass is 10.1. The predicted octanol–water partition coefficient (Wildman–Crippen LogP) is 10.8. The topological polar surface area (TPSA) is 87.2 Å². The zero-order valence-electron chi connectivity index (χ0n) is 35.8. The number of hydrogen-bond donors (Lipinski definition) is 0. The van der Waals surface area contributed by atoms with E-state index in [1.807, 2.05) is 37.1 Å². The van der Waals surface area contributed by atoms with E-state index in [0.717, 1.165) is 115 Å². The number of hydrogen-bond acceptors (Lipinski definition) is 6. The Morgan fingerprint density at radius 1 is 0.485 bits per heavy atom. The van der Waals surface area contributed by atoms with Gasteiger partial charge in [0, 0.05) is 81.3 Å². The lowest BCUT2D eigenvalue weighted by Gasteiger charge is -2.31. The zero-order valence-corrected chi connectivity index (χ0v) is 36.8. The van der Waals surface area contributed by atoms with Gasteiger partial charge in [0.25, 0.3) is 0 Å². The third-order valence-corrected chi connectivity index (χ3v) is 17.8. The molecule has 0 atom stereocenters. The summed E-state index contributed by atoms with van der Waals surface area (Å²) in [6, 6.07) is 57.3. The Morgan fingerprint density at radius 2 is 0.985 bits per heavy atom. The van der Waals surface area contributed by atoms with Crippen molar-refractivity contribution in [2.75, 3.05) is 7.05 Å². The largest absolute Gasteiger partial charge is 0.452 e. The molecule has 0 amide bonds. The molecule has 8 nitrogen and oxygen atoms in total. The lowest BCUT2D eigenvalue weighted by molar-refractivity contribution is 0.666. The van der Waals surface area contributed by atoms with Crippen molar-refractivity contribution >= 4 is 118 Å². The molecule has 0 aliphatic carbocycles. The van der Waals surface area contributed by atoms with E-state index in [1.54, 1.807) is 7.05 Å². The first-order valence-electron chi connectivity index (χ1n) is 21.9. The fourth-order valence-corrected chi connectivity index (χ4v) is 15.2. The summed E-state index contributed by atoms with van der Waals surface area (Å²) in [7, 11) is -1.76. The summed E-state index contributed by atoms with van der Waals surface area (Å²) in [6.07, 6.45) is 11.5. The normalized spacial score (nSPS) is 12.3. The van der Waals surface area contributed by atoms with Gasteiger partial charge in [-0.15, -0.1) is 0 Å². The standard InChI is InChI=1S/C57H38N6O2Si/c1-3-46-44(34-58-2)38-20-10-12-24-47(38)62(46)50-26-14-22-40-42-28-32-60-56(54(42)64-52(40)50)66(36-16-6-4-7-17-36,37-18-8-5-9-19-37)57-55-43(29-33-61-57)41-23-15-27-51(53(41)65-55)63-48-25-13-11-21-39(48)45-35-59-31-30-49(45)63/h3-35H,1H2,2H3. The maximum atomic E-state index is 7.40. The first-order chi connectivity index (χ1) is 32.7. The molecule has 0 saturated carbocycles. The minimum atomic E-state index is -3.56. The highest BCUT2D eigenvalue weighted by molar-refractivity contribution is 7.20. The van der Waals surface area contributed by atoms with E-state index in [0.29, 0.717) is 5.58 Å². The summed E-state index contributed by atoms with van der Waals surface area (Å²) < 4.78 is 19.3. The smallest absolute Gasteiger partial charge is 0.233 e. The molecule has 13 aromatic rings. The molecule has 312 valence electrons. The minimum absolute atomic E-state index is 0.709. The number of rotatable bonds is 8. The van der Waals surface area contributed by atoms with Gasteiger partial charge in [-0.2, -0.15) is 0 Å². The predicted molar refractivity (Wildman–Crippen MR) is 273 cm³/mol. The van der Waals surface area contributed by atoms with Crippen LogP contribution < -0.4 is 21.0 Å². The molecule has 66 heavy (non-hydrogen) atoms. The Labute approximate surface area is 379 Å². The maximum Gasteiger partial charge on any atom is 0.233 e. The van der Waals surface area contributed by atoms with Gasteiger partial charge >= 0.3 is 0 Å². The van der Waals surface area contributed by atoms with Gasteiger partial charge in [-0.3, -0.25) is 19.9 Å². The number of aliphatic imine (C=N–C) groups is 1. The number of nitrogens with zero attached hydrogens (tertiary/aromatic N) is 6. The van der Waals surface area contributed by atoms with Crippen molar-refractivity contribution in [3.63, 3.8) is 0 Å². The zero-order chi connectivity index (χ0) is 43.9. The summed E-state index contributed by atoms with van der Waals surface area (Å²) in [5, 5.41) is 11.1. The molecule has 0 N–H and O–H groups in total. The molecule has 0 radical (unpaired) electrons. The minimum Gasteiger partial charge on any atom is -0.452 e. The molecular formula is C57H38N6O2Si. The van der Waals surface area contributed by atoms with Gasteiger partial charge in [-0.1, -0.05) is 128 Å². The molecule has 0 aliphatic heterocycles. The molecule has 13 rings (SSSR count). The van der Waals surface area contributed by atoms with Crippen LogP contribution in [0.5, 0.6) is 0 Å². The second-order valence-electron chi connectivity index (χ2n) is 16.6. The van der Waals surface area contributed by atoms with E-state index in [-0.39, 0.29) is 0 Å². The molecule has 0 bridgehead atoms. The molecule has 9 heteroatoms. The fourth-order valence-electron chi connectivity index (χ4n) is 10.6. The van der Waals surface area contributed by atoms with Crippen LogP contribution in [0.15, 0.2) is 209 Å². The van der Waals surface area contributed by atoms with Gasteiger partial charge in [0.05, 0.1) is 44.3 Å². The van der Waals surface area contributed by atoms with E-state index >= 15 is 0 Å². The van der Waals surface area contributed by atoms with Crippen LogP contribution in [-0.2, 0) is 0 Å². The van der Waals surface area contributed by atoms with Crippen LogP contribution in [0.2, 0.25) is 0 Å². The van der Waals surface area contributed by atoms with Crippen molar-refractivity contribution in [1.82, 2.24) is 24.1 Å². The number of furan rings is 2. The van der Waals surface area contributed by atoms with Gasteiger partial charge in [-0.05, 0) is 58.9 Å². The Bertz CT molecular complexity index is 4010. The number of aromatic nitrogens is 5. The second-order valence-corrected chi connectivity index (χ2v) is 20.2. The van der Waals surface area contributed by atoms with Gasteiger partial charge in [0.15, 0.2) is 22.3 Å². The van der Waals surface area contributed by atoms with Crippen molar-refractivity contribution in [2.45, 2.75) is 0 Å². The van der Waals surface area contributed by atoms with Crippen molar-refractivity contribution in [3.8, 4) is 11.4 Å². The maximum absolute atomic E-state index is 7.40. The van der Waals surface area contributed by atoms with E-state index in [9.17, 15) is 0 Å². The monoisotopic (exact) mass is 866 g/mol. The summed E-state index contributed by atoms with van der Waals surface area (Å²) in [5.74, 6) is 0. The number of fused-ring (bicyclic) bond motifs is 10. The van der Waals surface area contributed by atoms with Crippen molar-refractivity contribution in [1.29, 1.82) is 0 Å². The number of para-hydroxylation sites is 4. The molecule has 0 aliphatic rings. The van der Waals surface area contributed by atoms with Crippen LogP contribution >= 0.6 is 0 Å². The van der Waals surface area contributed by atoms with E-state index < -0.39 is 8.07 Å². The highest BCUT2D eigenvalue weighted by Gasteiger charge is 2.49. The van der Waals surface area contributed by atoms with Gasteiger partial charge < -0.3 is 18.0 Å². The second kappa shape index (κ2) is 14.7. The molecule has 0 fully saturated rings. The highest BCUT2D eigenvalue weighted by atomic mass is 28.3. The molecule has 0 saturated heterocycles. The van der Waals surface area contributed by atoms with E-state index in [2.05, 4.69) is 189 Å². The van der Waals surface area contributed by atoms with E-state index in [4.69, 9.17) is 18.8 Å². The molecule has 0 unspecified atom stereocenters. The fraction of sp³-hybridized carbons (Fsp3) is 0.0175. The molecule has 0 spiro atoms. The van der Waals surface area contributed by atoms with Crippen LogP contribution in [0.1, 0.15) is 11.3 Å². The van der Waals surface area contributed by atoms with Gasteiger partial charge in [0.1, 0.15) is 0 Å². The quantitative estimate of drug-likeness (QED) is 0.112. The van der Waals surface area contributed by atoms with Gasteiger partial charge in [0.2, 0.25) is 8.07 Å². The summed E-state index contributed by atoms with van der Waals surface area (Å²) >= 11 is 0. The third kappa shape index (κ3) is 5.20. The first kappa shape index (κ1) is 37.9. The van der Waals surface area contributed by atoms with Crippen molar-refractivity contribution < 1.29 is 8.83 Å². The average Bonchev–Trinajstić information content (AvgIpc) is 4.14. The Kier molecular flexibility index (Phi) is 8.43. The van der Waals surface area contributed by atoms with Crippen LogP contribution in [-0.4, -0.2) is 45.4 Å². The summed E-state index contributed by atoms with van der Waals surface area (Å²) in [5.41, 5.74) is 9.88. The first-order valence-corrected chi connectivity index (χ1v) is 23.9. The molecule has 6 aromatic carbocycles. The molecule has 7 heterocycles. The Morgan fingerprint density at radius 3 is 1.58 bits per heavy atom. The van der Waals surface area contributed by atoms with Crippen LogP contribution in [0.3, 0.4) is 0 Å². The van der Waals surface area contributed by atoms with Crippen LogP contribution in [0.25, 0.3) is 94.0 Å². The molecular weight excluding hydrogens is 829 g/mol. The van der Waals surface area contributed by atoms with Crippen LogP contribution in [0, 0.1) is 0 Å². The SMILES string of the molecule is C=Cc1c(C=NC)c2ccccc2n1-c1cccc2c1oc1c([Si](c3ccccc3)(c3ccccc3)c3nccc4c3oc3c(-n5c6ccccc6c6cnccc65)cccc34)nccc12. The third-order valence-electron chi connectivity index (χ3n) is 13.3. The van der Waals surface area contributed by atoms with Crippen LogP contribution in [0.4, 0.5) is 0 Å². The highest BCUT2D eigenvalue weighted by Crippen LogP contribution is 2.40. The lowest BCUT2D eigenvalue weighted by Crippen LogP contribution is -2.76. The number of benzene rings is 6.